The van der Waals surface area contributed by atoms with Gasteiger partial charge in [-0.05, 0) is 62.3 Å². The molecule has 2 aromatic rings. The van der Waals surface area contributed by atoms with Crippen LogP contribution in [0.4, 0.5) is 0 Å². The van der Waals surface area contributed by atoms with E-state index in [4.69, 9.17) is 23.2 Å². The maximum Gasteiger partial charge on any atom is 0.241 e. The highest BCUT2D eigenvalue weighted by Gasteiger charge is 2.22. The molecule has 0 saturated heterocycles. The molecule has 0 aliphatic heterocycles. The highest BCUT2D eigenvalue weighted by molar-refractivity contribution is 7.89. The third kappa shape index (κ3) is 6.47. The molecule has 148 valence electrons. The van der Waals surface area contributed by atoms with Crippen LogP contribution in [-0.2, 0) is 16.4 Å². The standard InChI is InChI=1S/C20H26Cl2N2O2S/c1-4-5-6-15-7-10-17(11-8-15)27(25,26)23-20(14-24(2)3)16-9-12-18(21)19(22)13-16/h7-13,20,23H,4-6,14H2,1-3H3/t20-/m1/s1. The average molecular weight is 429 g/mol. The Bertz CT molecular complexity index is 853. The second kappa shape index (κ2) is 9.89. The first-order chi connectivity index (χ1) is 12.7. The highest BCUT2D eigenvalue weighted by atomic mass is 35.5. The minimum atomic E-state index is -3.67. The summed E-state index contributed by atoms with van der Waals surface area (Å²) in [5.41, 5.74) is 1.91. The Kier molecular flexibility index (Phi) is 8.13. The van der Waals surface area contributed by atoms with E-state index in [0.29, 0.717) is 16.6 Å². The van der Waals surface area contributed by atoms with Crippen LogP contribution in [0.5, 0.6) is 0 Å². The van der Waals surface area contributed by atoms with Gasteiger partial charge < -0.3 is 4.90 Å². The number of benzene rings is 2. The van der Waals surface area contributed by atoms with E-state index in [1.807, 2.05) is 31.1 Å². The molecular formula is C20H26Cl2N2O2S. The van der Waals surface area contributed by atoms with Crippen LogP contribution in [0.3, 0.4) is 0 Å². The van der Waals surface area contributed by atoms with Gasteiger partial charge in [0.05, 0.1) is 21.0 Å². The molecule has 1 N–H and O–H groups in total. The lowest BCUT2D eigenvalue weighted by atomic mass is 10.1. The molecule has 1 atom stereocenters. The van der Waals surface area contributed by atoms with Crippen LogP contribution in [0.25, 0.3) is 0 Å². The van der Waals surface area contributed by atoms with Crippen molar-refractivity contribution in [2.45, 2.75) is 37.1 Å². The molecule has 0 amide bonds. The Morgan fingerprint density at radius 1 is 1.04 bits per heavy atom. The van der Waals surface area contributed by atoms with Crippen LogP contribution < -0.4 is 4.72 Å². The number of likely N-dealkylation sites (N-methyl/N-ethyl adjacent to an activating group) is 1. The number of halogens is 2. The Morgan fingerprint density at radius 3 is 2.26 bits per heavy atom. The zero-order chi connectivity index (χ0) is 20.0. The van der Waals surface area contributed by atoms with Crippen molar-refractivity contribution in [3.8, 4) is 0 Å². The van der Waals surface area contributed by atoms with Crippen molar-refractivity contribution in [3.05, 3.63) is 63.6 Å². The van der Waals surface area contributed by atoms with Gasteiger partial charge in [0, 0.05) is 6.54 Å². The maximum absolute atomic E-state index is 12.9. The number of hydrogen-bond acceptors (Lipinski definition) is 3. The smallest absolute Gasteiger partial charge is 0.241 e. The van der Waals surface area contributed by atoms with Crippen LogP contribution in [-0.4, -0.2) is 34.0 Å². The van der Waals surface area contributed by atoms with Gasteiger partial charge in [-0.2, -0.15) is 0 Å². The Balaban J connectivity index is 2.25. The van der Waals surface area contributed by atoms with Crippen molar-refractivity contribution in [2.24, 2.45) is 0 Å². The maximum atomic E-state index is 12.9. The first-order valence-corrected chi connectivity index (χ1v) is 11.2. The highest BCUT2D eigenvalue weighted by Crippen LogP contribution is 2.27. The SMILES string of the molecule is CCCCc1ccc(S(=O)(=O)N[C@H](CN(C)C)c2ccc(Cl)c(Cl)c2)cc1. The second-order valence-electron chi connectivity index (χ2n) is 6.86. The summed E-state index contributed by atoms with van der Waals surface area (Å²) in [6, 6.07) is 11.8. The van der Waals surface area contributed by atoms with Crippen molar-refractivity contribution in [1.29, 1.82) is 0 Å². The number of hydrogen-bond donors (Lipinski definition) is 1. The molecule has 7 heteroatoms. The number of aryl methyl sites for hydroxylation is 1. The van der Waals surface area contributed by atoms with Gasteiger partial charge in [0.25, 0.3) is 0 Å². The Hall–Kier alpha value is -1.11. The van der Waals surface area contributed by atoms with Crippen molar-refractivity contribution in [3.63, 3.8) is 0 Å². The molecular weight excluding hydrogens is 403 g/mol. The van der Waals surface area contributed by atoms with Gasteiger partial charge in [-0.15, -0.1) is 0 Å². The van der Waals surface area contributed by atoms with Crippen molar-refractivity contribution in [1.82, 2.24) is 9.62 Å². The van der Waals surface area contributed by atoms with Crippen LogP contribution in [0, 0.1) is 0 Å². The molecule has 0 aliphatic carbocycles. The molecule has 0 unspecified atom stereocenters. The third-order valence-corrected chi connectivity index (χ3v) is 6.47. The molecule has 0 bridgehead atoms. The normalized spacial score (nSPS) is 13.1. The fraction of sp³-hybridized carbons (Fsp3) is 0.400. The average Bonchev–Trinajstić information content (AvgIpc) is 2.61. The number of unbranched alkanes of at least 4 members (excludes halogenated alkanes) is 1. The topological polar surface area (TPSA) is 49.4 Å². The molecule has 0 aromatic heterocycles. The molecule has 0 aliphatic rings. The summed E-state index contributed by atoms with van der Waals surface area (Å²) in [7, 11) is 0.114. The predicted octanol–water partition coefficient (Wildman–Crippen LogP) is 4.92. The molecule has 2 aromatic carbocycles. The van der Waals surface area contributed by atoms with Crippen LogP contribution in [0.2, 0.25) is 10.0 Å². The number of rotatable bonds is 9. The van der Waals surface area contributed by atoms with Gasteiger partial charge in [-0.1, -0.05) is 54.7 Å². The van der Waals surface area contributed by atoms with Crippen LogP contribution in [0.15, 0.2) is 47.4 Å². The van der Waals surface area contributed by atoms with E-state index in [0.717, 1.165) is 30.4 Å². The van der Waals surface area contributed by atoms with Gasteiger partial charge in [0.2, 0.25) is 10.0 Å². The van der Waals surface area contributed by atoms with Crippen molar-refractivity contribution < 1.29 is 8.42 Å². The minimum Gasteiger partial charge on any atom is -0.307 e. The quantitative estimate of drug-likeness (QED) is 0.616. The minimum absolute atomic E-state index is 0.256. The lowest BCUT2D eigenvalue weighted by Crippen LogP contribution is -2.35. The summed E-state index contributed by atoms with van der Waals surface area (Å²) >= 11 is 12.1. The second-order valence-corrected chi connectivity index (χ2v) is 9.39. The predicted molar refractivity (Wildman–Crippen MR) is 113 cm³/mol. The van der Waals surface area contributed by atoms with Crippen LogP contribution in [0.1, 0.15) is 36.9 Å². The van der Waals surface area contributed by atoms with E-state index in [2.05, 4.69) is 11.6 Å². The summed E-state index contributed by atoms with van der Waals surface area (Å²) < 4.78 is 28.6. The number of nitrogens with zero attached hydrogens (tertiary/aromatic N) is 1. The molecule has 0 heterocycles. The summed E-state index contributed by atoms with van der Waals surface area (Å²) in [5, 5.41) is 0.840. The number of nitrogens with one attached hydrogen (secondary N) is 1. The summed E-state index contributed by atoms with van der Waals surface area (Å²) in [5.74, 6) is 0. The molecule has 0 spiro atoms. The third-order valence-electron chi connectivity index (χ3n) is 4.24. The Labute approximate surface area is 172 Å². The van der Waals surface area contributed by atoms with Gasteiger partial charge in [-0.25, -0.2) is 13.1 Å². The molecule has 0 radical (unpaired) electrons. The lowest BCUT2D eigenvalue weighted by molar-refractivity contribution is 0.363. The first-order valence-electron chi connectivity index (χ1n) is 8.94. The number of sulfonamides is 1. The zero-order valence-corrected chi connectivity index (χ0v) is 18.2. The van der Waals surface area contributed by atoms with Gasteiger partial charge in [0.15, 0.2) is 0 Å². The first kappa shape index (κ1) is 22.2. The summed E-state index contributed by atoms with van der Waals surface area (Å²) in [6.07, 6.45) is 3.15. The summed E-state index contributed by atoms with van der Waals surface area (Å²) in [4.78, 5) is 2.18. The largest absolute Gasteiger partial charge is 0.307 e. The Morgan fingerprint density at radius 2 is 1.70 bits per heavy atom. The monoisotopic (exact) mass is 428 g/mol. The summed E-state index contributed by atoms with van der Waals surface area (Å²) in [6.45, 7) is 2.63. The van der Waals surface area contributed by atoms with E-state index in [9.17, 15) is 8.42 Å². The van der Waals surface area contributed by atoms with Crippen LogP contribution >= 0.6 is 23.2 Å². The molecule has 27 heavy (non-hydrogen) atoms. The molecule has 0 saturated carbocycles. The fourth-order valence-corrected chi connectivity index (χ4v) is 4.30. The molecule has 0 fully saturated rings. The van der Waals surface area contributed by atoms with Crippen molar-refractivity contribution >= 4 is 33.2 Å². The lowest BCUT2D eigenvalue weighted by Gasteiger charge is -2.23. The zero-order valence-electron chi connectivity index (χ0n) is 15.9. The van der Waals surface area contributed by atoms with Gasteiger partial charge in [-0.3, -0.25) is 0 Å². The van der Waals surface area contributed by atoms with Crippen molar-refractivity contribution in [2.75, 3.05) is 20.6 Å². The van der Waals surface area contributed by atoms with E-state index in [1.54, 1.807) is 30.3 Å². The molecule has 2 rings (SSSR count). The molecule has 4 nitrogen and oxygen atoms in total. The van der Waals surface area contributed by atoms with E-state index in [-0.39, 0.29) is 4.90 Å². The van der Waals surface area contributed by atoms with Gasteiger partial charge >= 0.3 is 0 Å². The fourth-order valence-electron chi connectivity index (χ4n) is 2.78. The van der Waals surface area contributed by atoms with E-state index >= 15 is 0 Å². The van der Waals surface area contributed by atoms with E-state index < -0.39 is 16.1 Å². The van der Waals surface area contributed by atoms with E-state index in [1.165, 1.54) is 0 Å². The van der Waals surface area contributed by atoms with Gasteiger partial charge in [0.1, 0.15) is 0 Å².